The molecule has 1 aliphatic rings. The molecular weight excluding hydrogens is 489 g/mol. The first-order valence-corrected chi connectivity index (χ1v) is 12.3. The van der Waals surface area contributed by atoms with Crippen molar-refractivity contribution >= 4 is 27.1 Å². The fourth-order valence-corrected chi connectivity index (χ4v) is 5.79. The van der Waals surface area contributed by atoms with E-state index < -0.39 is 26.2 Å². The number of nitro benzene ring substituents is 1. The highest BCUT2D eigenvalue weighted by Crippen LogP contribution is 2.45. The highest BCUT2D eigenvalue weighted by Gasteiger charge is 2.43. The zero-order valence-electron chi connectivity index (χ0n) is 19.1. The molecule has 0 spiro atoms. The van der Waals surface area contributed by atoms with Crippen molar-refractivity contribution in [1.29, 1.82) is 0 Å². The van der Waals surface area contributed by atoms with E-state index in [0.29, 0.717) is 16.7 Å². The highest BCUT2D eigenvalue weighted by atomic mass is 32.2. The molecule has 186 valence electrons. The predicted molar refractivity (Wildman–Crippen MR) is 130 cm³/mol. The largest absolute Gasteiger partial charge is 0.485 e. The van der Waals surface area contributed by atoms with Gasteiger partial charge in [-0.2, -0.15) is 0 Å². The van der Waals surface area contributed by atoms with Crippen LogP contribution in [0.5, 0.6) is 0 Å². The number of nitrogens with zero attached hydrogens (tertiary/aromatic N) is 2. The van der Waals surface area contributed by atoms with Crippen molar-refractivity contribution in [1.82, 2.24) is 0 Å². The smallest absolute Gasteiger partial charge is 0.269 e. The van der Waals surface area contributed by atoms with E-state index in [9.17, 15) is 22.9 Å². The zero-order chi connectivity index (χ0) is 26.1. The Hall–Kier alpha value is -4.25. The Morgan fingerprint density at radius 1 is 1.17 bits per heavy atom. The van der Waals surface area contributed by atoms with Crippen molar-refractivity contribution in [2.75, 3.05) is 0 Å². The van der Waals surface area contributed by atoms with Gasteiger partial charge in [-0.1, -0.05) is 41.6 Å². The Kier molecular flexibility index (Phi) is 6.51. The van der Waals surface area contributed by atoms with Crippen LogP contribution in [0.25, 0.3) is 5.76 Å². The molecule has 11 heteroatoms. The molecule has 1 unspecified atom stereocenters. The van der Waals surface area contributed by atoms with Crippen LogP contribution >= 0.6 is 0 Å². The Morgan fingerprint density at radius 3 is 2.44 bits per heavy atom. The van der Waals surface area contributed by atoms with E-state index in [4.69, 9.17) is 15.7 Å². The summed E-state index contributed by atoms with van der Waals surface area (Å²) in [5.41, 5.74) is 5.96. The molecule has 4 rings (SSSR count). The van der Waals surface area contributed by atoms with Gasteiger partial charge >= 0.3 is 0 Å². The molecule has 1 atom stereocenters. The summed E-state index contributed by atoms with van der Waals surface area (Å²) >= 11 is 0. The quantitative estimate of drug-likeness (QED) is 0.119. The van der Waals surface area contributed by atoms with E-state index in [1.165, 1.54) is 24.3 Å². The summed E-state index contributed by atoms with van der Waals surface area (Å²) in [7, 11) is -4.08. The minimum absolute atomic E-state index is 0.00131. The van der Waals surface area contributed by atoms with Crippen molar-refractivity contribution in [2.24, 2.45) is 10.9 Å². The van der Waals surface area contributed by atoms with Gasteiger partial charge in [-0.3, -0.25) is 10.1 Å². The molecule has 1 aliphatic heterocycles. The lowest BCUT2D eigenvalue weighted by atomic mass is 9.94. The van der Waals surface area contributed by atoms with Crippen LogP contribution in [0.2, 0.25) is 0 Å². The number of hydrogen-bond acceptors (Lipinski definition) is 7. The molecule has 3 N–H and O–H groups in total. The van der Waals surface area contributed by atoms with Crippen molar-refractivity contribution in [2.45, 2.75) is 30.3 Å². The Morgan fingerprint density at radius 2 is 1.83 bits per heavy atom. The second-order valence-electron chi connectivity index (χ2n) is 8.60. The van der Waals surface area contributed by atoms with Gasteiger partial charge in [0.2, 0.25) is 9.84 Å². The van der Waals surface area contributed by atoms with Gasteiger partial charge in [-0.05, 0) is 36.8 Å². The summed E-state index contributed by atoms with van der Waals surface area (Å²) < 4.78 is 46.9. The van der Waals surface area contributed by atoms with Crippen LogP contribution in [-0.2, 0) is 21.0 Å². The van der Waals surface area contributed by atoms with Crippen LogP contribution < -0.4 is 5.73 Å². The third-order valence-corrected chi connectivity index (χ3v) is 7.71. The van der Waals surface area contributed by atoms with Crippen LogP contribution in [0.4, 0.5) is 10.1 Å². The maximum Gasteiger partial charge on any atom is 0.269 e. The first-order valence-electron chi connectivity index (χ1n) is 10.8. The van der Waals surface area contributed by atoms with Gasteiger partial charge in [0.1, 0.15) is 17.2 Å². The topological polar surface area (TPSA) is 145 Å². The lowest BCUT2D eigenvalue weighted by molar-refractivity contribution is -0.384. The average Bonchev–Trinajstić information content (AvgIpc) is 3.22. The number of rotatable bonds is 7. The number of benzene rings is 3. The fraction of sp³-hybridized carbons (Fsp3) is 0.160. The predicted octanol–water partition coefficient (Wildman–Crippen LogP) is 4.39. The molecule has 3 aromatic rings. The summed E-state index contributed by atoms with van der Waals surface area (Å²) in [5, 5.41) is 23.1. The number of nitro groups is 1. The lowest BCUT2D eigenvalue weighted by Gasteiger charge is -2.25. The number of amidine groups is 1. The molecule has 0 aliphatic carbocycles. The van der Waals surface area contributed by atoms with Crippen molar-refractivity contribution < 1.29 is 27.7 Å². The number of sulfone groups is 1. The monoisotopic (exact) mass is 511 g/mol. The number of nitrogens with two attached hydrogens (primary N) is 1. The van der Waals surface area contributed by atoms with Crippen molar-refractivity contribution in [3.8, 4) is 0 Å². The third kappa shape index (κ3) is 4.91. The Labute approximate surface area is 206 Å². The number of non-ortho nitro benzene ring substituents is 1. The Bertz CT molecular complexity index is 1480. The van der Waals surface area contributed by atoms with Crippen LogP contribution in [0.3, 0.4) is 0 Å². The molecule has 1 heterocycles. The lowest BCUT2D eigenvalue weighted by Crippen LogP contribution is -2.27. The summed E-state index contributed by atoms with van der Waals surface area (Å²) in [6, 6.07) is 16.9. The maximum atomic E-state index is 13.6. The first kappa shape index (κ1) is 24.9. The number of hydrogen-bond donors (Lipinski definition) is 2. The molecule has 0 aromatic heterocycles. The normalized spacial score (nSPS) is 18.2. The van der Waals surface area contributed by atoms with Crippen LogP contribution in [0, 0.1) is 15.9 Å². The van der Waals surface area contributed by atoms with E-state index >= 15 is 0 Å². The van der Waals surface area contributed by atoms with E-state index in [2.05, 4.69) is 5.16 Å². The van der Waals surface area contributed by atoms with Gasteiger partial charge in [0, 0.05) is 36.1 Å². The van der Waals surface area contributed by atoms with E-state index in [0.717, 1.165) is 12.1 Å². The van der Waals surface area contributed by atoms with Crippen LogP contribution in [-0.4, -0.2) is 30.0 Å². The van der Waals surface area contributed by atoms with E-state index in [-0.39, 0.29) is 39.9 Å². The summed E-state index contributed by atoms with van der Waals surface area (Å²) in [4.78, 5) is 10.6. The molecule has 0 saturated carbocycles. The second kappa shape index (κ2) is 9.42. The minimum Gasteiger partial charge on any atom is -0.485 e. The van der Waals surface area contributed by atoms with Gasteiger partial charge in [-0.15, -0.1) is 0 Å². The minimum atomic E-state index is -4.08. The maximum absolute atomic E-state index is 13.6. The summed E-state index contributed by atoms with van der Waals surface area (Å²) in [6.45, 7) is 1.73. The van der Waals surface area contributed by atoms with Gasteiger partial charge in [0.25, 0.3) is 5.69 Å². The van der Waals surface area contributed by atoms with Gasteiger partial charge < -0.3 is 15.7 Å². The molecule has 0 bridgehead atoms. The molecule has 36 heavy (non-hydrogen) atoms. The number of halogens is 1. The molecule has 0 saturated heterocycles. The zero-order valence-corrected chi connectivity index (χ0v) is 19.9. The van der Waals surface area contributed by atoms with Crippen molar-refractivity contribution in [3.05, 3.63) is 110 Å². The summed E-state index contributed by atoms with van der Waals surface area (Å²) in [6.07, 6.45) is 0.176. The van der Waals surface area contributed by atoms with Gasteiger partial charge in [0.15, 0.2) is 5.84 Å². The molecule has 3 aromatic carbocycles. The van der Waals surface area contributed by atoms with E-state index in [1.54, 1.807) is 43.3 Å². The molecule has 0 radical (unpaired) electrons. The average molecular weight is 512 g/mol. The van der Waals surface area contributed by atoms with Gasteiger partial charge in [0.05, 0.1) is 14.7 Å². The number of ether oxygens (including phenoxy) is 1. The molecule has 0 fully saturated rings. The van der Waals surface area contributed by atoms with E-state index in [1.807, 2.05) is 0 Å². The van der Waals surface area contributed by atoms with Gasteiger partial charge in [-0.25, -0.2) is 12.8 Å². The SMILES string of the molecule is CC1(Cc2cccc([N+](=O)[O-])c2)CC(S(=O)(=O)c2ccc(F)cc2)=C(c2ccc(/C(N)=N/O)cc2)O1. The second-order valence-corrected chi connectivity index (χ2v) is 10.6. The molecule has 9 nitrogen and oxygen atoms in total. The van der Waals surface area contributed by atoms with Crippen LogP contribution in [0.1, 0.15) is 30.0 Å². The third-order valence-electron chi connectivity index (χ3n) is 5.83. The molecular formula is C25H22FN3O6S. The first-order chi connectivity index (χ1) is 17.0. The number of oxime groups is 1. The highest BCUT2D eigenvalue weighted by molar-refractivity contribution is 7.95. The molecule has 0 amide bonds. The summed E-state index contributed by atoms with van der Waals surface area (Å²) in [5.74, 6) is -0.573. The fourth-order valence-electron chi connectivity index (χ4n) is 4.11. The van der Waals surface area contributed by atoms with Crippen molar-refractivity contribution in [3.63, 3.8) is 0 Å². The Balaban J connectivity index is 1.77. The standard InChI is InChI=1S/C25H22FN3O6S/c1-25(14-16-3-2-4-20(13-16)29(31)32)15-22(36(33,34)21-11-9-19(26)10-12-21)23(35-25)17-5-7-18(8-6-17)24(27)28-30/h2-13,30H,14-15H2,1H3,(H2,27,28). The van der Waals surface area contributed by atoms with Crippen LogP contribution in [0.15, 0.2) is 87.8 Å².